The van der Waals surface area contributed by atoms with E-state index in [0.717, 1.165) is 64.2 Å². The van der Waals surface area contributed by atoms with Crippen molar-refractivity contribution in [2.45, 2.75) is 88.9 Å². The second-order valence-corrected chi connectivity index (χ2v) is 11.8. The molecule has 2 bridgehead atoms. The molecule has 0 heterocycles. The van der Waals surface area contributed by atoms with Crippen LogP contribution >= 0.6 is 0 Å². The van der Waals surface area contributed by atoms with Crippen LogP contribution < -0.4 is 20.1 Å². The van der Waals surface area contributed by atoms with E-state index in [-0.39, 0.29) is 64.4 Å². The fraction of sp³-hybridized carbons (Fsp3) is 0.724. The van der Waals surface area contributed by atoms with Crippen molar-refractivity contribution >= 4 is 11.8 Å². The van der Waals surface area contributed by atoms with Crippen molar-refractivity contribution in [3.63, 3.8) is 0 Å². The molecule has 0 unspecified atom stereocenters. The molecule has 8 heteroatoms. The first-order valence-corrected chi connectivity index (χ1v) is 14.0. The van der Waals surface area contributed by atoms with E-state index in [9.17, 15) is 14.0 Å². The average molecular weight is 517 g/mol. The molecule has 0 aliphatic heterocycles. The number of hydrogen-bond acceptors (Lipinski definition) is 5. The van der Waals surface area contributed by atoms with E-state index < -0.39 is 5.82 Å². The van der Waals surface area contributed by atoms with Crippen LogP contribution in [0.25, 0.3) is 0 Å². The summed E-state index contributed by atoms with van der Waals surface area (Å²) in [4.78, 5) is 26.8. The number of methoxy groups -OCH3 is 2. The molecule has 2 amide bonds. The van der Waals surface area contributed by atoms with Crippen LogP contribution in [-0.4, -0.2) is 50.3 Å². The highest BCUT2D eigenvalue weighted by Crippen LogP contribution is 2.49. The van der Waals surface area contributed by atoms with Crippen molar-refractivity contribution in [3.8, 4) is 11.5 Å². The third-order valence-electron chi connectivity index (χ3n) is 9.55. The molecule has 37 heavy (non-hydrogen) atoms. The standard InChI is InChI=1S/C29H41FN2O5/c1-17-5-9-20(10-6-17)37-24-14-21(23(35-2)15-22(24)30)27(33)32-26-19-8-7-18(13-19)25(26)28(34)31-16-29(36-3)11-4-12-29/h14-15,17-20,25-26H,4-13,16H2,1-3H3,(H,31,34)(H,32,33)/t17?,18-,19+,20?,25+,26-/m1/s1. The minimum absolute atomic E-state index is 0.0116. The maximum absolute atomic E-state index is 14.9. The molecule has 0 saturated heterocycles. The molecular formula is C29H41FN2O5. The summed E-state index contributed by atoms with van der Waals surface area (Å²) in [6.45, 7) is 2.72. The molecule has 4 atom stereocenters. The fourth-order valence-corrected chi connectivity index (χ4v) is 6.99. The molecule has 1 aromatic carbocycles. The van der Waals surface area contributed by atoms with Gasteiger partial charge in [-0.1, -0.05) is 6.92 Å². The molecule has 0 spiro atoms. The summed E-state index contributed by atoms with van der Waals surface area (Å²) in [5, 5.41) is 6.26. The van der Waals surface area contributed by atoms with Gasteiger partial charge < -0.3 is 24.8 Å². The first kappa shape index (κ1) is 26.3. The van der Waals surface area contributed by atoms with Gasteiger partial charge in [0, 0.05) is 25.8 Å². The maximum Gasteiger partial charge on any atom is 0.255 e. The molecule has 4 aliphatic carbocycles. The summed E-state index contributed by atoms with van der Waals surface area (Å²) in [7, 11) is 3.13. The van der Waals surface area contributed by atoms with E-state index >= 15 is 0 Å². The predicted molar refractivity (Wildman–Crippen MR) is 137 cm³/mol. The SMILES string of the molecule is COc1cc(F)c(OC2CCC(C)CC2)cc1C(=O)N[C@@H]1[C@H]2CC[C@H](C2)[C@@H]1C(=O)NCC1(OC)CCC1. The Labute approximate surface area is 219 Å². The zero-order valence-corrected chi connectivity index (χ0v) is 22.3. The summed E-state index contributed by atoms with van der Waals surface area (Å²) < 4.78 is 31.9. The number of carbonyl (C=O) groups is 2. The first-order chi connectivity index (χ1) is 17.8. The number of nitrogens with one attached hydrogen (secondary N) is 2. The zero-order valence-electron chi connectivity index (χ0n) is 22.3. The smallest absolute Gasteiger partial charge is 0.255 e. The van der Waals surface area contributed by atoms with Gasteiger partial charge in [0.05, 0.1) is 30.3 Å². The normalized spacial score (nSPS) is 31.9. The van der Waals surface area contributed by atoms with Gasteiger partial charge in [0.25, 0.3) is 5.91 Å². The number of halogens is 1. The summed E-state index contributed by atoms with van der Waals surface area (Å²) >= 11 is 0. The van der Waals surface area contributed by atoms with Crippen LogP contribution in [0.3, 0.4) is 0 Å². The van der Waals surface area contributed by atoms with E-state index in [0.29, 0.717) is 12.5 Å². The molecule has 0 aromatic heterocycles. The number of rotatable bonds is 9. The highest BCUT2D eigenvalue weighted by molar-refractivity contribution is 5.98. The monoisotopic (exact) mass is 516 g/mol. The maximum atomic E-state index is 14.9. The lowest BCUT2D eigenvalue weighted by molar-refractivity contribution is -0.130. The minimum atomic E-state index is -0.535. The summed E-state index contributed by atoms with van der Waals surface area (Å²) in [6, 6.07) is 2.43. The van der Waals surface area contributed by atoms with Gasteiger partial charge in [-0.05, 0) is 88.0 Å². The van der Waals surface area contributed by atoms with Gasteiger partial charge in [-0.3, -0.25) is 9.59 Å². The Morgan fingerprint density at radius 2 is 1.76 bits per heavy atom. The average Bonchev–Trinajstić information content (AvgIpc) is 3.47. The number of hydrogen-bond donors (Lipinski definition) is 2. The Morgan fingerprint density at radius 1 is 1.03 bits per heavy atom. The van der Waals surface area contributed by atoms with Crippen LogP contribution in [0.1, 0.15) is 81.5 Å². The topological polar surface area (TPSA) is 85.9 Å². The Balaban J connectivity index is 1.29. The van der Waals surface area contributed by atoms with Crippen LogP contribution in [0.5, 0.6) is 11.5 Å². The molecular weight excluding hydrogens is 475 g/mol. The molecule has 4 aliphatic rings. The van der Waals surface area contributed by atoms with Gasteiger partial charge in [0.2, 0.25) is 5.91 Å². The fourth-order valence-electron chi connectivity index (χ4n) is 6.99. The van der Waals surface area contributed by atoms with Crippen molar-refractivity contribution in [1.29, 1.82) is 0 Å². The van der Waals surface area contributed by atoms with Crippen LogP contribution in [0, 0.1) is 29.5 Å². The van der Waals surface area contributed by atoms with Crippen LogP contribution in [-0.2, 0) is 9.53 Å². The Kier molecular flexibility index (Phi) is 7.66. The molecule has 2 N–H and O–H groups in total. The molecule has 1 aromatic rings. The largest absolute Gasteiger partial charge is 0.496 e. The predicted octanol–water partition coefficient (Wildman–Crippen LogP) is 4.62. The quantitative estimate of drug-likeness (QED) is 0.500. The van der Waals surface area contributed by atoms with Crippen molar-refractivity contribution in [2.24, 2.45) is 23.7 Å². The van der Waals surface area contributed by atoms with Gasteiger partial charge in [-0.2, -0.15) is 0 Å². The second kappa shape index (κ2) is 10.8. The Bertz CT molecular complexity index is 999. The number of ether oxygens (including phenoxy) is 3. The van der Waals surface area contributed by atoms with E-state index in [1.54, 1.807) is 7.11 Å². The van der Waals surface area contributed by atoms with Gasteiger partial charge in [-0.25, -0.2) is 4.39 Å². The van der Waals surface area contributed by atoms with Gasteiger partial charge >= 0.3 is 0 Å². The second-order valence-electron chi connectivity index (χ2n) is 11.8. The number of fused-ring (bicyclic) bond motifs is 2. The molecule has 204 valence electrons. The third-order valence-corrected chi connectivity index (χ3v) is 9.55. The van der Waals surface area contributed by atoms with E-state index in [2.05, 4.69) is 17.6 Å². The lowest BCUT2D eigenvalue weighted by Crippen LogP contribution is -2.54. The highest BCUT2D eigenvalue weighted by Gasteiger charge is 2.52. The van der Waals surface area contributed by atoms with Crippen molar-refractivity contribution in [1.82, 2.24) is 10.6 Å². The summed E-state index contributed by atoms with van der Waals surface area (Å²) in [6.07, 6.45) is 9.75. The summed E-state index contributed by atoms with van der Waals surface area (Å²) in [5.74, 6) is 0.241. The van der Waals surface area contributed by atoms with Gasteiger partial charge in [0.15, 0.2) is 11.6 Å². The Morgan fingerprint density at radius 3 is 2.41 bits per heavy atom. The summed E-state index contributed by atoms with van der Waals surface area (Å²) in [5.41, 5.74) is -0.0156. The van der Waals surface area contributed by atoms with Crippen molar-refractivity contribution in [3.05, 3.63) is 23.5 Å². The molecule has 7 nitrogen and oxygen atoms in total. The van der Waals surface area contributed by atoms with Crippen LogP contribution in [0.15, 0.2) is 12.1 Å². The Hall–Kier alpha value is -2.35. The minimum Gasteiger partial charge on any atom is -0.496 e. The van der Waals surface area contributed by atoms with Crippen molar-refractivity contribution < 1.29 is 28.2 Å². The molecule has 4 fully saturated rings. The van der Waals surface area contributed by atoms with E-state index in [1.165, 1.54) is 19.2 Å². The van der Waals surface area contributed by atoms with Gasteiger partial charge in [-0.15, -0.1) is 0 Å². The lowest BCUT2D eigenvalue weighted by Gasteiger charge is -2.41. The number of amides is 2. The number of benzene rings is 1. The lowest BCUT2D eigenvalue weighted by atomic mass is 9.79. The highest BCUT2D eigenvalue weighted by atomic mass is 19.1. The third kappa shape index (κ3) is 5.31. The van der Waals surface area contributed by atoms with E-state index in [4.69, 9.17) is 14.2 Å². The van der Waals surface area contributed by atoms with E-state index in [1.807, 2.05) is 0 Å². The molecule has 0 radical (unpaired) electrons. The molecule has 4 saturated carbocycles. The number of carbonyl (C=O) groups excluding carboxylic acids is 2. The van der Waals surface area contributed by atoms with Crippen molar-refractivity contribution in [2.75, 3.05) is 20.8 Å². The zero-order chi connectivity index (χ0) is 26.2. The van der Waals surface area contributed by atoms with Gasteiger partial charge in [0.1, 0.15) is 5.75 Å². The van der Waals surface area contributed by atoms with Crippen LogP contribution in [0.2, 0.25) is 0 Å². The van der Waals surface area contributed by atoms with Crippen LogP contribution in [0.4, 0.5) is 4.39 Å². The first-order valence-electron chi connectivity index (χ1n) is 14.0. The molecule has 5 rings (SSSR count).